The predicted molar refractivity (Wildman–Crippen MR) is 95.8 cm³/mol. The maximum Gasteiger partial charge on any atom is 0.199 e. The number of hydrogen-bond acceptors (Lipinski definition) is 4. The van der Waals surface area contributed by atoms with Gasteiger partial charge in [-0.15, -0.1) is 0 Å². The van der Waals surface area contributed by atoms with Gasteiger partial charge in [-0.3, -0.25) is 4.90 Å². The van der Waals surface area contributed by atoms with Crippen molar-refractivity contribution < 1.29 is 4.84 Å². The molecule has 0 spiro atoms. The molecule has 0 fully saturated rings. The summed E-state index contributed by atoms with van der Waals surface area (Å²) in [5, 5.41) is 4.42. The largest absolute Gasteiger partial charge is 0.373 e. The molecule has 0 bridgehead atoms. The van der Waals surface area contributed by atoms with Crippen LogP contribution in [0.1, 0.15) is 22.3 Å². The molecule has 1 unspecified atom stereocenters. The van der Waals surface area contributed by atoms with Crippen molar-refractivity contribution in [3.8, 4) is 0 Å². The number of amidine groups is 1. The maximum atomic E-state index is 5.87. The average Bonchev–Trinajstić information content (AvgIpc) is 2.62. The van der Waals surface area contributed by atoms with E-state index in [0.717, 1.165) is 37.5 Å². The molecule has 0 saturated carbocycles. The van der Waals surface area contributed by atoms with Gasteiger partial charge >= 0.3 is 0 Å². The molecule has 0 aromatic heterocycles. The first kappa shape index (κ1) is 15.2. The summed E-state index contributed by atoms with van der Waals surface area (Å²) in [5.41, 5.74) is 5.22. The number of benzene rings is 2. The summed E-state index contributed by atoms with van der Waals surface area (Å²) in [5.74, 6) is 0.906. The Labute approximate surface area is 143 Å². The quantitative estimate of drug-likeness (QED) is 0.851. The predicted octanol–water partition coefficient (Wildman–Crippen LogP) is 3.00. The van der Waals surface area contributed by atoms with Gasteiger partial charge in [-0.25, -0.2) is 0 Å². The molecule has 4 rings (SSSR count). The van der Waals surface area contributed by atoms with E-state index in [-0.39, 0.29) is 6.23 Å². The maximum absolute atomic E-state index is 5.87. The molecule has 0 saturated heterocycles. The van der Waals surface area contributed by atoms with E-state index in [2.05, 4.69) is 77.5 Å². The van der Waals surface area contributed by atoms with E-state index in [4.69, 9.17) is 4.84 Å². The first-order valence-electron chi connectivity index (χ1n) is 8.53. The molecule has 0 amide bonds. The highest BCUT2D eigenvalue weighted by Crippen LogP contribution is 2.23. The molecule has 0 radical (unpaired) electrons. The van der Waals surface area contributed by atoms with Gasteiger partial charge in [0.05, 0.1) is 6.54 Å². The third-order valence-electron chi connectivity index (χ3n) is 4.93. The first-order valence-corrected chi connectivity index (χ1v) is 8.53. The number of aryl methyl sites for hydroxylation is 1. The zero-order chi connectivity index (χ0) is 16.5. The number of nitrogens with zero attached hydrogens (tertiary/aromatic N) is 3. The van der Waals surface area contributed by atoms with Crippen LogP contribution in [0.5, 0.6) is 0 Å². The monoisotopic (exact) mass is 321 g/mol. The number of fused-ring (bicyclic) bond motifs is 1. The molecule has 24 heavy (non-hydrogen) atoms. The smallest absolute Gasteiger partial charge is 0.199 e. The van der Waals surface area contributed by atoms with Gasteiger partial charge in [0.1, 0.15) is 0 Å². The summed E-state index contributed by atoms with van der Waals surface area (Å²) in [4.78, 5) is 10.4. The van der Waals surface area contributed by atoms with Crippen LogP contribution in [0.3, 0.4) is 0 Å². The molecule has 2 heterocycles. The lowest BCUT2D eigenvalue weighted by Gasteiger charge is -2.38. The fourth-order valence-electron chi connectivity index (χ4n) is 3.46. The van der Waals surface area contributed by atoms with E-state index < -0.39 is 0 Å². The van der Waals surface area contributed by atoms with Crippen molar-refractivity contribution in [2.24, 2.45) is 5.16 Å². The molecule has 0 aliphatic carbocycles. The Hall–Kier alpha value is -2.33. The minimum Gasteiger partial charge on any atom is -0.373 e. The Balaban J connectivity index is 1.49. The highest BCUT2D eigenvalue weighted by atomic mass is 16.7. The van der Waals surface area contributed by atoms with Crippen molar-refractivity contribution in [2.75, 3.05) is 20.1 Å². The van der Waals surface area contributed by atoms with E-state index in [9.17, 15) is 0 Å². The van der Waals surface area contributed by atoms with E-state index in [1.807, 2.05) is 0 Å². The lowest BCUT2D eigenvalue weighted by molar-refractivity contribution is -0.0843. The highest BCUT2D eigenvalue weighted by Gasteiger charge is 2.30. The topological polar surface area (TPSA) is 28.1 Å². The van der Waals surface area contributed by atoms with E-state index >= 15 is 0 Å². The normalized spacial score (nSPS) is 21.0. The zero-order valence-electron chi connectivity index (χ0n) is 14.3. The molecule has 124 valence electrons. The van der Waals surface area contributed by atoms with Gasteiger partial charge in [-0.1, -0.05) is 59.3 Å². The van der Waals surface area contributed by atoms with Crippen LogP contribution in [0, 0.1) is 6.92 Å². The average molecular weight is 321 g/mol. The minimum absolute atomic E-state index is 0.0116. The van der Waals surface area contributed by atoms with Crippen LogP contribution in [0.25, 0.3) is 0 Å². The first-order chi connectivity index (χ1) is 11.7. The van der Waals surface area contributed by atoms with Gasteiger partial charge in [0.25, 0.3) is 0 Å². The van der Waals surface area contributed by atoms with Crippen LogP contribution in [-0.2, 0) is 17.8 Å². The lowest BCUT2D eigenvalue weighted by Crippen LogP contribution is -2.50. The second-order valence-electron chi connectivity index (χ2n) is 6.71. The summed E-state index contributed by atoms with van der Waals surface area (Å²) >= 11 is 0. The summed E-state index contributed by atoms with van der Waals surface area (Å²) in [7, 11) is 2.09. The molecule has 2 aliphatic rings. The highest BCUT2D eigenvalue weighted by molar-refractivity contribution is 5.98. The number of hydrogen-bond donors (Lipinski definition) is 0. The van der Waals surface area contributed by atoms with Crippen LogP contribution in [-0.4, -0.2) is 42.0 Å². The van der Waals surface area contributed by atoms with Gasteiger partial charge in [0, 0.05) is 25.7 Å². The Kier molecular flexibility index (Phi) is 3.98. The fourth-order valence-corrected chi connectivity index (χ4v) is 3.46. The zero-order valence-corrected chi connectivity index (χ0v) is 14.3. The van der Waals surface area contributed by atoms with Crippen molar-refractivity contribution in [1.82, 2.24) is 9.80 Å². The second-order valence-corrected chi connectivity index (χ2v) is 6.71. The van der Waals surface area contributed by atoms with Crippen molar-refractivity contribution >= 4 is 5.84 Å². The lowest BCUT2D eigenvalue weighted by atomic mass is 10.00. The SMILES string of the molecule is Cc1ccc(C2=NOC(N3CCc4ccccc4C3)CN2C)cc1. The summed E-state index contributed by atoms with van der Waals surface area (Å²) in [6, 6.07) is 17.1. The number of oxime groups is 1. The third kappa shape index (κ3) is 2.89. The Morgan fingerprint density at radius 1 is 1.04 bits per heavy atom. The van der Waals surface area contributed by atoms with Crippen molar-refractivity contribution in [3.63, 3.8) is 0 Å². The molecule has 1 atom stereocenters. The number of rotatable bonds is 2. The van der Waals surface area contributed by atoms with Crippen molar-refractivity contribution in [1.29, 1.82) is 0 Å². The van der Waals surface area contributed by atoms with Crippen LogP contribution in [0.4, 0.5) is 0 Å². The van der Waals surface area contributed by atoms with Gasteiger partial charge < -0.3 is 9.74 Å². The van der Waals surface area contributed by atoms with E-state index in [0.29, 0.717) is 0 Å². The Morgan fingerprint density at radius 3 is 2.54 bits per heavy atom. The Morgan fingerprint density at radius 2 is 1.79 bits per heavy atom. The van der Waals surface area contributed by atoms with Crippen LogP contribution >= 0.6 is 0 Å². The van der Waals surface area contributed by atoms with Crippen molar-refractivity contribution in [3.05, 3.63) is 70.8 Å². The Bertz CT molecular complexity index is 754. The fraction of sp³-hybridized carbons (Fsp3) is 0.350. The van der Waals surface area contributed by atoms with E-state index in [1.165, 1.54) is 16.7 Å². The van der Waals surface area contributed by atoms with E-state index in [1.54, 1.807) is 0 Å². The molecular formula is C20H23N3O. The standard InChI is InChI=1S/C20H23N3O/c1-15-7-9-17(10-8-15)20-21-24-19(14-22(20)2)23-12-11-16-5-3-4-6-18(16)13-23/h3-10,19H,11-14H2,1-2H3. The molecular weight excluding hydrogens is 298 g/mol. The van der Waals surface area contributed by atoms with Gasteiger partial charge in [0.2, 0.25) is 0 Å². The molecule has 2 aromatic rings. The molecule has 0 N–H and O–H groups in total. The summed E-state index contributed by atoms with van der Waals surface area (Å²) in [6.07, 6.45) is 1.09. The molecule has 2 aromatic carbocycles. The van der Waals surface area contributed by atoms with Crippen molar-refractivity contribution in [2.45, 2.75) is 26.1 Å². The van der Waals surface area contributed by atoms with Crippen LogP contribution in [0.2, 0.25) is 0 Å². The van der Waals surface area contributed by atoms with Gasteiger partial charge in [0.15, 0.2) is 12.1 Å². The van der Waals surface area contributed by atoms with Gasteiger partial charge in [-0.05, 0) is 24.5 Å². The minimum atomic E-state index is 0.0116. The third-order valence-corrected chi connectivity index (χ3v) is 4.93. The molecule has 4 nitrogen and oxygen atoms in total. The van der Waals surface area contributed by atoms with Crippen LogP contribution in [0.15, 0.2) is 53.7 Å². The summed E-state index contributed by atoms with van der Waals surface area (Å²) < 4.78 is 0. The van der Waals surface area contributed by atoms with Crippen LogP contribution < -0.4 is 0 Å². The second kappa shape index (κ2) is 6.29. The number of likely N-dealkylation sites (N-methyl/N-ethyl adjacent to an activating group) is 1. The molecule has 4 heteroatoms. The summed E-state index contributed by atoms with van der Waals surface area (Å²) in [6.45, 7) is 4.88. The van der Waals surface area contributed by atoms with Gasteiger partial charge in [-0.2, -0.15) is 0 Å². The molecule has 2 aliphatic heterocycles.